The predicted octanol–water partition coefficient (Wildman–Crippen LogP) is 4.91. The van der Waals surface area contributed by atoms with Crippen molar-refractivity contribution in [2.24, 2.45) is 5.92 Å². The zero-order chi connectivity index (χ0) is 23.8. The number of carbonyl (C=O) groups excluding carboxylic acids is 1. The number of ether oxygens (including phenoxy) is 2. The summed E-state index contributed by atoms with van der Waals surface area (Å²) in [7, 11) is 3.23. The summed E-state index contributed by atoms with van der Waals surface area (Å²) in [6.45, 7) is 2.57. The lowest BCUT2D eigenvalue weighted by Gasteiger charge is -2.40. The van der Waals surface area contributed by atoms with Crippen LogP contribution in [0.5, 0.6) is 11.5 Å². The van der Waals surface area contributed by atoms with Crippen molar-refractivity contribution in [3.8, 4) is 11.5 Å². The van der Waals surface area contributed by atoms with Crippen LogP contribution in [0.25, 0.3) is 10.9 Å². The van der Waals surface area contributed by atoms with E-state index in [1.807, 2.05) is 48.2 Å². The van der Waals surface area contributed by atoms with E-state index in [2.05, 4.69) is 4.98 Å². The Bertz CT molecular complexity index is 1290. The first-order valence-corrected chi connectivity index (χ1v) is 12.2. The number of para-hydroxylation sites is 1. The molecule has 1 fully saturated rings. The van der Waals surface area contributed by atoms with Gasteiger partial charge in [0, 0.05) is 18.0 Å². The number of fused-ring (bicyclic) bond motifs is 2. The number of pyridine rings is 1. The topological polar surface area (TPSA) is 71.6 Å². The van der Waals surface area contributed by atoms with E-state index in [-0.39, 0.29) is 17.4 Å². The molecule has 0 bridgehead atoms. The van der Waals surface area contributed by atoms with Gasteiger partial charge in [0.2, 0.25) is 5.91 Å². The molecule has 0 spiro atoms. The molecule has 1 amide bonds. The molecule has 0 radical (unpaired) electrons. The molecular formula is C28H32N2O4. The predicted molar refractivity (Wildman–Crippen MR) is 133 cm³/mol. The summed E-state index contributed by atoms with van der Waals surface area (Å²) in [6.07, 6.45) is 5.94. The molecule has 1 aromatic heterocycles. The van der Waals surface area contributed by atoms with Gasteiger partial charge in [-0.2, -0.15) is 0 Å². The first-order valence-electron chi connectivity index (χ1n) is 12.2. The third kappa shape index (κ3) is 3.85. The molecule has 5 rings (SSSR count). The monoisotopic (exact) mass is 460 g/mol. The Labute approximate surface area is 199 Å². The second-order valence-electron chi connectivity index (χ2n) is 9.52. The van der Waals surface area contributed by atoms with Gasteiger partial charge >= 0.3 is 0 Å². The average Bonchev–Trinajstić information content (AvgIpc) is 2.87. The van der Waals surface area contributed by atoms with Crippen LogP contribution < -0.4 is 15.0 Å². The molecule has 1 aliphatic heterocycles. The lowest BCUT2D eigenvalue weighted by molar-refractivity contribution is -0.138. The van der Waals surface area contributed by atoms with Gasteiger partial charge in [-0.15, -0.1) is 0 Å². The summed E-state index contributed by atoms with van der Waals surface area (Å²) in [5.74, 6) is 1.45. The molecule has 1 saturated carbocycles. The minimum Gasteiger partial charge on any atom is -0.493 e. The van der Waals surface area contributed by atoms with E-state index in [0.717, 1.165) is 59.7 Å². The summed E-state index contributed by atoms with van der Waals surface area (Å²) in [5.41, 5.74) is 4.31. The molecule has 1 aliphatic carbocycles. The number of nitrogens with zero attached hydrogens (tertiary/aromatic N) is 1. The van der Waals surface area contributed by atoms with Crippen molar-refractivity contribution in [3.63, 3.8) is 0 Å². The molecule has 0 saturated heterocycles. The number of carbonyl (C=O) groups is 1. The number of aromatic nitrogens is 1. The number of amides is 1. The summed E-state index contributed by atoms with van der Waals surface area (Å²) in [5, 5.41) is 0.965. The largest absolute Gasteiger partial charge is 0.493 e. The summed E-state index contributed by atoms with van der Waals surface area (Å²) >= 11 is 0. The van der Waals surface area contributed by atoms with Crippen LogP contribution in [0.2, 0.25) is 0 Å². The average molecular weight is 461 g/mol. The third-order valence-corrected chi connectivity index (χ3v) is 7.52. The molecule has 6 heteroatoms. The number of H-pyrrole nitrogens is 1. The normalized spacial score (nSPS) is 18.6. The molecule has 3 aromatic rings. The number of hydrogen-bond donors (Lipinski definition) is 1. The Morgan fingerprint density at radius 3 is 2.47 bits per heavy atom. The Balaban J connectivity index is 1.69. The first-order chi connectivity index (χ1) is 16.5. The third-order valence-electron chi connectivity index (χ3n) is 7.52. The SMILES string of the molecule is COc1cc2c(cc1OC)[C@@H](c1cc3cccc(C)c3[nH]c1=O)N(C(=O)C1CCCCC1)CC2. The Hall–Kier alpha value is -3.28. The van der Waals surface area contributed by atoms with Crippen LogP contribution in [0.3, 0.4) is 0 Å². The number of aryl methyl sites for hydroxylation is 1. The molecule has 1 atom stereocenters. The standard InChI is InChI=1S/C28H32N2O4/c1-17-8-7-11-20-14-22(27(31)29-25(17)20)26-21-16-24(34-3)23(33-2)15-19(21)12-13-30(26)28(32)18-9-5-4-6-10-18/h7-8,11,14-16,18,26H,4-6,9-10,12-13H2,1-3H3,(H,29,31)/t26-/m0/s1. The fourth-order valence-corrected chi connectivity index (χ4v) is 5.71. The lowest BCUT2D eigenvalue weighted by atomic mass is 9.84. The van der Waals surface area contributed by atoms with E-state index in [1.54, 1.807) is 14.2 Å². The van der Waals surface area contributed by atoms with Gasteiger partial charge in [0.1, 0.15) is 0 Å². The van der Waals surface area contributed by atoms with Crippen molar-refractivity contribution in [2.45, 2.75) is 51.5 Å². The minimum atomic E-state index is -0.466. The second kappa shape index (κ2) is 9.16. The van der Waals surface area contributed by atoms with Crippen molar-refractivity contribution in [3.05, 3.63) is 69.0 Å². The zero-order valence-electron chi connectivity index (χ0n) is 20.1. The fourth-order valence-electron chi connectivity index (χ4n) is 5.71. The maximum Gasteiger partial charge on any atom is 0.254 e. The molecule has 6 nitrogen and oxygen atoms in total. The summed E-state index contributed by atoms with van der Waals surface area (Å²) in [6, 6.07) is 11.4. The van der Waals surface area contributed by atoms with Gasteiger partial charge in [0.15, 0.2) is 11.5 Å². The van der Waals surface area contributed by atoms with E-state index in [1.165, 1.54) is 6.42 Å². The van der Waals surface area contributed by atoms with Crippen molar-refractivity contribution in [2.75, 3.05) is 20.8 Å². The highest BCUT2D eigenvalue weighted by Crippen LogP contribution is 2.42. The number of hydrogen-bond acceptors (Lipinski definition) is 4. The van der Waals surface area contributed by atoms with Crippen molar-refractivity contribution < 1.29 is 14.3 Å². The van der Waals surface area contributed by atoms with Crippen molar-refractivity contribution >= 4 is 16.8 Å². The number of nitrogens with one attached hydrogen (secondary N) is 1. The molecular weight excluding hydrogens is 428 g/mol. The van der Waals surface area contributed by atoms with Crippen LogP contribution >= 0.6 is 0 Å². The second-order valence-corrected chi connectivity index (χ2v) is 9.52. The van der Waals surface area contributed by atoms with Gasteiger partial charge in [0.05, 0.1) is 25.8 Å². The fraction of sp³-hybridized carbons (Fsp3) is 0.429. The molecule has 178 valence electrons. The summed E-state index contributed by atoms with van der Waals surface area (Å²) in [4.78, 5) is 32.3. The smallest absolute Gasteiger partial charge is 0.254 e. The van der Waals surface area contributed by atoms with E-state index in [9.17, 15) is 9.59 Å². The number of benzene rings is 2. The van der Waals surface area contributed by atoms with Crippen LogP contribution in [-0.4, -0.2) is 36.6 Å². The number of methoxy groups -OCH3 is 2. The van der Waals surface area contributed by atoms with Crippen molar-refractivity contribution in [1.82, 2.24) is 9.88 Å². The van der Waals surface area contributed by atoms with Gasteiger partial charge in [0.25, 0.3) is 5.56 Å². The number of aromatic amines is 1. The van der Waals surface area contributed by atoms with Crippen LogP contribution in [0.15, 0.2) is 41.2 Å². The van der Waals surface area contributed by atoms with Gasteiger partial charge in [-0.25, -0.2) is 0 Å². The molecule has 0 unspecified atom stereocenters. The molecule has 1 N–H and O–H groups in total. The van der Waals surface area contributed by atoms with E-state index in [4.69, 9.17) is 9.47 Å². The highest BCUT2D eigenvalue weighted by atomic mass is 16.5. The van der Waals surface area contributed by atoms with Crippen LogP contribution in [0, 0.1) is 12.8 Å². The quantitative estimate of drug-likeness (QED) is 0.601. The lowest BCUT2D eigenvalue weighted by Crippen LogP contribution is -2.45. The van der Waals surface area contributed by atoms with E-state index in [0.29, 0.717) is 23.6 Å². The van der Waals surface area contributed by atoms with Gasteiger partial charge in [-0.3, -0.25) is 9.59 Å². The van der Waals surface area contributed by atoms with Gasteiger partial charge < -0.3 is 19.4 Å². The maximum absolute atomic E-state index is 13.8. The molecule has 2 heterocycles. The Morgan fingerprint density at radius 1 is 1.00 bits per heavy atom. The van der Waals surface area contributed by atoms with Crippen molar-refractivity contribution in [1.29, 1.82) is 0 Å². The first kappa shape index (κ1) is 22.5. The highest BCUT2D eigenvalue weighted by Gasteiger charge is 2.37. The van der Waals surface area contributed by atoms with Crippen LogP contribution in [-0.2, 0) is 11.2 Å². The molecule has 34 heavy (non-hydrogen) atoms. The van der Waals surface area contributed by atoms with Gasteiger partial charge in [-0.1, -0.05) is 37.5 Å². The van der Waals surface area contributed by atoms with Crippen LogP contribution in [0.1, 0.15) is 60.4 Å². The minimum absolute atomic E-state index is 0.0275. The van der Waals surface area contributed by atoms with Gasteiger partial charge in [-0.05, 0) is 66.5 Å². The highest BCUT2D eigenvalue weighted by molar-refractivity contribution is 5.83. The summed E-state index contributed by atoms with van der Waals surface area (Å²) < 4.78 is 11.1. The number of rotatable bonds is 4. The Kier molecular flexibility index (Phi) is 6.07. The zero-order valence-corrected chi connectivity index (χ0v) is 20.1. The van der Waals surface area contributed by atoms with E-state index < -0.39 is 6.04 Å². The Morgan fingerprint density at radius 2 is 1.74 bits per heavy atom. The molecule has 2 aromatic carbocycles. The van der Waals surface area contributed by atoms with E-state index >= 15 is 0 Å². The molecule has 2 aliphatic rings. The maximum atomic E-state index is 13.8. The van der Waals surface area contributed by atoms with Crippen LogP contribution in [0.4, 0.5) is 0 Å².